The molecular formula is C12H18N4O. The van der Waals surface area contributed by atoms with Gasteiger partial charge in [-0.15, -0.1) is 0 Å². The first-order valence-corrected chi connectivity index (χ1v) is 5.80. The van der Waals surface area contributed by atoms with Gasteiger partial charge in [-0.3, -0.25) is 14.7 Å². The quantitative estimate of drug-likeness (QED) is 0.779. The Balaban J connectivity index is 2.07. The Bertz CT molecular complexity index is 381. The zero-order chi connectivity index (χ0) is 12.3. The summed E-state index contributed by atoms with van der Waals surface area (Å²) >= 11 is 0. The van der Waals surface area contributed by atoms with Gasteiger partial charge in [0.05, 0.1) is 0 Å². The molecule has 0 radical (unpaired) electrons. The van der Waals surface area contributed by atoms with Crippen LogP contribution in [0.25, 0.3) is 0 Å². The Morgan fingerprint density at radius 1 is 1.41 bits per heavy atom. The number of nitrogens with two attached hydrogens (primary N) is 1. The number of carbonyl (C=O) groups is 1. The van der Waals surface area contributed by atoms with Crippen LogP contribution in [-0.4, -0.2) is 53.4 Å². The van der Waals surface area contributed by atoms with E-state index < -0.39 is 0 Å². The molecule has 1 atom stereocenters. The topological polar surface area (TPSA) is 62.5 Å². The molecule has 0 aliphatic carbocycles. The molecular weight excluding hydrogens is 216 g/mol. The van der Waals surface area contributed by atoms with Crippen molar-refractivity contribution in [3.05, 3.63) is 30.1 Å². The lowest BCUT2D eigenvalue weighted by Gasteiger charge is -2.38. The van der Waals surface area contributed by atoms with Crippen LogP contribution in [0, 0.1) is 0 Å². The predicted molar refractivity (Wildman–Crippen MR) is 65.1 cm³/mol. The summed E-state index contributed by atoms with van der Waals surface area (Å²) in [7, 11) is 1.83. The minimum atomic E-state index is -0.193. The Hall–Kier alpha value is -1.46. The van der Waals surface area contributed by atoms with Crippen LogP contribution in [0.2, 0.25) is 0 Å². The second kappa shape index (κ2) is 5.25. The van der Waals surface area contributed by atoms with Crippen LogP contribution in [0.5, 0.6) is 0 Å². The molecule has 92 valence electrons. The highest BCUT2D eigenvalue weighted by Gasteiger charge is 2.31. The van der Waals surface area contributed by atoms with Crippen LogP contribution in [0.1, 0.15) is 5.56 Å². The van der Waals surface area contributed by atoms with Crippen molar-refractivity contribution in [2.45, 2.75) is 12.6 Å². The number of rotatable bonds is 3. The normalized spacial score (nSPS) is 21.9. The first kappa shape index (κ1) is 12.0. The first-order chi connectivity index (χ1) is 8.22. The van der Waals surface area contributed by atoms with E-state index in [9.17, 15) is 4.79 Å². The largest absolute Gasteiger partial charge is 0.343 e. The summed E-state index contributed by atoms with van der Waals surface area (Å²) in [6.45, 7) is 2.76. The van der Waals surface area contributed by atoms with Crippen LogP contribution in [0.4, 0.5) is 0 Å². The van der Waals surface area contributed by atoms with Gasteiger partial charge in [-0.2, -0.15) is 0 Å². The molecule has 17 heavy (non-hydrogen) atoms. The Morgan fingerprint density at radius 2 is 2.12 bits per heavy atom. The lowest BCUT2D eigenvalue weighted by atomic mass is 10.1. The average molecular weight is 234 g/mol. The number of nitrogens with zero attached hydrogens (tertiary/aromatic N) is 3. The highest BCUT2D eigenvalue weighted by molar-refractivity contribution is 5.82. The zero-order valence-corrected chi connectivity index (χ0v) is 10.0. The van der Waals surface area contributed by atoms with Crippen molar-refractivity contribution in [2.24, 2.45) is 5.73 Å². The Labute approximate surface area is 101 Å². The maximum absolute atomic E-state index is 11.9. The molecule has 2 heterocycles. The van der Waals surface area contributed by atoms with E-state index in [2.05, 4.69) is 9.88 Å². The monoisotopic (exact) mass is 234 g/mol. The van der Waals surface area contributed by atoms with Crippen molar-refractivity contribution >= 4 is 5.91 Å². The van der Waals surface area contributed by atoms with Gasteiger partial charge < -0.3 is 10.6 Å². The molecule has 2 rings (SSSR count). The highest BCUT2D eigenvalue weighted by Crippen LogP contribution is 2.13. The summed E-state index contributed by atoms with van der Waals surface area (Å²) in [5.74, 6) is 0.118. The Kier molecular flexibility index (Phi) is 3.71. The van der Waals surface area contributed by atoms with Gasteiger partial charge >= 0.3 is 0 Å². The number of hydrogen-bond acceptors (Lipinski definition) is 4. The molecule has 0 spiro atoms. The SMILES string of the molecule is CN1CCN(Cc2ccncc2)C(CN)C1=O. The van der Waals surface area contributed by atoms with Gasteiger partial charge in [0.1, 0.15) is 6.04 Å². The van der Waals surface area contributed by atoms with Gasteiger partial charge in [0.25, 0.3) is 0 Å². The van der Waals surface area contributed by atoms with E-state index in [0.29, 0.717) is 6.54 Å². The fourth-order valence-corrected chi connectivity index (χ4v) is 2.12. The van der Waals surface area contributed by atoms with Gasteiger partial charge in [0.15, 0.2) is 0 Å². The maximum atomic E-state index is 11.9. The number of likely N-dealkylation sites (N-methyl/N-ethyl adjacent to an activating group) is 1. The van der Waals surface area contributed by atoms with E-state index in [1.165, 1.54) is 0 Å². The van der Waals surface area contributed by atoms with E-state index in [-0.39, 0.29) is 11.9 Å². The van der Waals surface area contributed by atoms with Crippen molar-refractivity contribution < 1.29 is 4.79 Å². The number of pyridine rings is 1. The molecule has 5 nitrogen and oxygen atoms in total. The summed E-state index contributed by atoms with van der Waals surface area (Å²) in [6, 6.07) is 3.74. The first-order valence-electron chi connectivity index (χ1n) is 5.80. The van der Waals surface area contributed by atoms with Crippen LogP contribution >= 0.6 is 0 Å². The van der Waals surface area contributed by atoms with Crippen LogP contribution in [-0.2, 0) is 11.3 Å². The van der Waals surface area contributed by atoms with Gasteiger partial charge in [0.2, 0.25) is 5.91 Å². The molecule has 0 saturated carbocycles. The van der Waals surface area contributed by atoms with Gasteiger partial charge in [-0.1, -0.05) is 0 Å². The van der Waals surface area contributed by atoms with E-state index >= 15 is 0 Å². The van der Waals surface area contributed by atoms with Crippen molar-refractivity contribution in [3.63, 3.8) is 0 Å². The minimum Gasteiger partial charge on any atom is -0.343 e. The fraction of sp³-hybridized carbons (Fsp3) is 0.500. The molecule has 1 amide bonds. The molecule has 1 unspecified atom stereocenters. The van der Waals surface area contributed by atoms with E-state index in [0.717, 1.165) is 25.2 Å². The fourth-order valence-electron chi connectivity index (χ4n) is 2.12. The lowest BCUT2D eigenvalue weighted by Crippen LogP contribution is -2.57. The third-order valence-electron chi connectivity index (χ3n) is 3.18. The van der Waals surface area contributed by atoms with E-state index in [4.69, 9.17) is 5.73 Å². The number of carbonyl (C=O) groups excluding carboxylic acids is 1. The standard InChI is InChI=1S/C12H18N4O/c1-15-6-7-16(11(8-13)12(15)17)9-10-2-4-14-5-3-10/h2-5,11H,6-9,13H2,1H3. The average Bonchev–Trinajstić information content (AvgIpc) is 2.36. The highest BCUT2D eigenvalue weighted by atomic mass is 16.2. The third-order valence-corrected chi connectivity index (χ3v) is 3.18. The minimum absolute atomic E-state index is 0.118. The second-order valence-electron chi connectivity index (χ2n) is 4.34. The molecule has 1 aromatic heterocycles. The molecule has 1 aromatic rings. The molecule has 1 fully saturated rings. The van der Waals surface area contributed by atoms with Gasteiger partial charge in [-0.05, 0) is 17.7 Å². The van der Waals surface area contributed by atoms with Crippen molar-refractivity contribution in [1.82, 2.24) is 14.8 Å². The number of piperazine rings is 1. The van der Waals surface area contributed by atoms with Crippen molar-refractivity contribution in [1.29, 1.82) is 0 Å². The van der Waals surface area contributed by atoms with E-state index in [1.54, 1.807) is 17.3 Å². The predicted octanol–water partition coefficient (Wildman–Crippen LogP) is -0.317. The molecule has 5 heteroatoms. The summed E-state index contributed by atoms with van der Waals surface area (Å²) < 4.78 is 0. The summed E-state index contributed by atoms with van der Waals surface area (Å²) in [6.07, 6.45) is 3.54. The maximum Gasteiger partial charge on any atom is 0.241 e. The van der Waals surface area contributed by atoms with Crippen LogP contribution in [0.15, 0.2) is 24.5 Å². The van der Waals surface area contributed by atoms with Crippen molar-refractivity contribution in [3.8, 4) is 0 Å². The summed E-state index contributed by atoms with van der Waals surface area (Å²) in [4.78, 5) is 19.8. The Morgan fingerprint density at radius 3 is 2.76 bits per heavy atom. The number of aromatic nitrogens is 1. The van der Waals surface area contributed by atoms with Gasteiger partial charge in [0, 0.05) is 45.6 Å². The lowest BCUT2D eigenvalue weighted by molar-refractivity contribution is -0.140. The summed E-state index contributed by atoms with van der Waals surface area (Å²) in [5.41, 5.74) is 6.86. The number of amides is 1. The van der Waals surface area contributed by atoms with Crippen LogP contribution in [0.3, 0.4) is 0 Å². The molecule has 1 saturated heterocycles. The van der Waals surface area contributed by atoms with Crippen LogP contribution < -0.4 is 5.73 Å². The zero-order valence-electron chi connectivity index (χ0n) is 10.0. The summed E-state index contributed by atoms with van der Waals surface area (Å²) in [5, 5.41) is 0. The van der Waals surface area contributed by atoms with Gasteiger partial charge in [-0.25, -0.2) is 0 Å². The molecule has 2 N–H and O–H groups in total. The third kappa shape index (κ3) is 2.62. The molecule has 0 bridgehead atoms. The smallest absolute Gasteiger partial charge is 0.241 e. The molecule has 1 aliphatic rings. The van der Waals surface area contributed by atoms with E-state index in [1.807, 2.05) is 19.2 Å². The molecule has 0 aromatic carbocycles. The second-order valence-corrected chi connectivity index (χ2v) is 4.34. The van der Waals surface area contributed by atoms with Crippen molar-refractivity contribution in [2.75, 3.05) is 26.7 Å². The number of hydrogen-bond donors (Lipinski definition) is 1. The molecule has 1 aliphatic heterocycles.